The van der Waals surface area contributed by atoms with Gasteiger partial charge < -0.3 is 18.5 Å². The van der Waals surface area contributed by atoms with Crippen LogP contribution >= 0.6 is 46.1 Å². The molecule has 0 spiro atoms. The Morgan fingerprint density at radius 2 is 1.95 bits per heavy atom. The molecule has 0 aliphatic carbocycles. The van der Waals surface area contributed by atoms with Crippen molar-refractivity contribution < 1.29 is 22.2 Å². The predicted octanol–water partition coefficient (Wildman–Crippen LogP) is 4.88. The summed E-state index contributed by atoms with van der Waals surface area (Å²) in [6.45, 7) is 0.932. The second-order valence-electron chi connectivity index (χ2n) is 9.44. The normalized spacial score (nSPS) is 17.9. The van der Waals surface area contributed by atoms with Gasteiger partial charge in [0.15, 0.2) is 11.9 Å². The highest BCUT2D eigenvalue weighted by molar-refractivity contribution is 7.86. The lowest BCUT2D eigenvalue weighted by atomic mass is 9.97. The molecule has 0 N–H and O–H groups in total. The van der Waals surface area contributed by atoms with Gasteiger partial charge in [-0.3, -0.25) is 9.59 Å². The molecule has 1 unspecified atom stereocenters. The Bertz CT molecular complexity index is 1650. The highest BCUT2D eigenvalue weighted by Crippen LogP contribution is 2.40. The number of amides is 1. The molecular formula is C25H23Cl3N4O6S2. The van der Waals surface area contributed by atoms with Crippen LogP contribution in [-0.2, 0) is 26.3 Å². The third kappa shape index (κ3) is 6.46. The second-order valence-corrected chi connectivity index (χ2v) is 13.2. The summed E-state index contributed by atoms with van der Waals surface area (Å²) in [7, 11) is -3.76. The van der Waals surface area contributed by atoms with Crippen LogP contribution in [-0.4, -0.2) is 53.8 Å². The number of benzene rings is 1. The average molecular weight is 646 g/mol. The summed E-state index contributed by atoms with van der Waals surface area (Å²) in [4.78, 5) is 37.2. The fraction of sp³-hybridized carbons (Fsp3) is 0.360. The first kappa shape index (κ1) is 28.9. The number of hydrogen-bond acceptors (Lipinski definition) is 9. The van der Waals surface area contributed by atoms with Crippen molar-refractivity contribution >= 4 is 67.9 Å². The van der Waals surface area contributed by atoms with Gasteiger partial charge in [0.1, 0.15) is 17.3 Å². The zero-order valence-electron chi connectivity index (χ0n) is 21.1. The molecule has 2 aliphatic heterocycles. The number of nitrogens with zero attached hydrogens (tertiary/aromatic N) is 4. The number of rotatable bonds is 7. The van der Waals surface area contributed by atoms with E-state index in [-0.39, 0.29) is 34.2 Å². The lowest BCUT2D eigenvalue weighted by Gasteiger charge is -2.31. The van der Waals surface area contributed by atoms with Crippen LogP contribution in [0.5, 0.6) is 5.75 Å². The van der Waals surface area contributed by atoms with E-state index in [1.807, 2.05) is 5.38 Å². The number of carbonyl (C=O) groups is 1. The summed E-state index contributed by atoms with van der Waals surface area (Å²) >= 11 is 19.8. The van der Waals surface area contributed by atoms with Crippen LogP contribution in [0.25, 0.3) is 0 Å². The maximum absolute atomic E-state index is 12.8. The highest BCUT2D eigenvalue weighted by atomic mass is 35.5. The van der Waals surface area contributed by atoms with E-state index in [1.165, 1.54) is 34.2 Å². The lowest BCUT2D eigenvalue weighted by Crippen LogP contribution is -2.41. The summed E-state index contributed by atoms with van der Waals surface area (Å²) in [6.07, 6.45) is 3.53. The quantitative estimate of drug-likeness (QED) is 0.336. The van der Waals surface area contributed by atoms with E-state index in [0.717, 1.165) is 24.1 Å². The number of piperidine rings is 1. The summed E-state index contributed by atoms with van der Waals surface area (Å²) in [6, 6.07) is 6.10. The van der Waals surface area contributed by atoms with Crippen molar-refractivity contribution in [1.29, 1.82) is 0 Å². The minimum Gasteiger partial charge on any atom is -0.387 e. The van der Waals surface area contributed by atoms with E-state index >= 15 is 0 Å². The van der Waals surface area contributed by atoms with Gasteiger partial charge in [-0.25, -0.2) is 4.98 Å². The number of pyridine rings is 1. The molecule has 1 aromatic carbocycles. The minimum atomic E-state index is -3.76. The van der Waals surface area contributed by atoms with Crippen molar-refractivity contribution in [3.8, 4) is 5.75 Å². The molecule has 212 valence electrons. The molecule has 4 heterocycles. The molecular weight excluding hydrogens is 623 g/mol. The van der Waals surface area contributed by atoms with Gasteiger partial charge in [-0.15, -0.1) is 11.3 Å². The molecule has 10 nitrogen and oxygen atoms in total. The molecule has 1 amide bonds. The molecule has 0 saturated carbocycles. The third-order valence-electron chi connectivity index (χ3n) is 6.57. The van der Waals surface area contributed by atoms with Crippen molar-refractivity contribution in [2.75, 3.05) is 19.3 Å². The van der Waals surface area contributed by atoms with Gasteiger partial charge in [-0.2, -0.15) is 8.42 Å². The van der Waals surface area contributed by atoms with Gasteiger partial charge >= 0.3 is 10.1 Å². The van der Waals surface area contributed by atoms with E-state index in [1.54, 1.807) is 17.0 Å². The minimum absolute atomic E-state index is 0.0308. The van der Waals surface area contributed by atoms with Gasteiger partial charge in [-0.05, 0) is 31.0 Å². The van der Waals surface area contributed by atoms with Gasteiger partial charge in [0.25, 0.3) is 5.56 Å². The number of thiazole rings is 1. The first-order valence-electron chi connectivity index (χ1n) is 12.2. The van der Waals surface area contributed by atoms with E-state index in [0.29, 0.717) is 41.5 Å². The number of oxime groups is 1. The summed E-state index contributed by atoms with van der Waals surface area (Å²) < 4.78 is 29.8. The lowest BCUT2D eigenvalue weighted by molar-refractivity contribution is -0.132. The molecule has 1 saturated heterocycles. The van der Waals surface area contributed by atoms with E-state index in [9.17, 15) is 18.0 Å². The first-order valence-corrected chi connectivity index (χ1v) is 16.0. The first-order chi connectivity index (χ1) is 19.0. The van der Waals surface area contributed by atoms with Crippen LogP contribution in [0.3, 0.4) is 0 Å². The van der Waals surface area contributed by atoms with Crippen molar-refractivity contribution in [3.63, 3.8) is 0 Å². The van der Waals surface area contributed by atoms with Gasteiger partial charge in [0.2, 0.25) is 5.91 Å². The van der Waals surface area contributed by atoms with Crippen LogP contribution in [0, 0.1) is 0 Å². The number of halogens is 3. The number of hydrogen-bond donors (Lipinski definition) is 0. The van der Waals surface area contributed by atoms with Crippen LogP contribution in [0.15, 0.2) is 45.8 Å². The Hall–Kier alpha value is -2.64. The Labute approximate surface area is 249 Å². The Kier molecular flexibility index (Phi) is 8.44. The molecule has 40 heavy (non-hydrogen) atoms. The van der Waals surface area contributed by atoms with E-state index in [2.05, 4.69) is 5.16 Å². The molecule has 2 aromatic heterocycles. The predicted molar refractivity (Wildman–Crippen MR) is 153 cm³/mol. The van der Waals surface area contributed by atoms with Gasteiger partial charge in [0.05, 0.1) is 32.6 Å². The van der Waals surface area contributed by atoms with Crippen molar-refractivity contribution in [2.24, 2.45) is 5.16 Å². The Morgan fingerprint density at radius 1 is 1.20 bits per heavy atom. The number of aromatic nitrogens is 2. The maximum Gasteiger partial charge on any atom is 0.306 e. The molecule has 1 fully saturated rings. The number of carbonyl (C=O) groups excluding carboxylic acids is 1. The number of likely N-dealkylation sites (tertiary alicyclic amines) is 1. The smallest absolute Gasteiger partial charge is 0.306 e. The largest absolute Gasteiger partial charge is 0.387 e. The van der Waals surface area contributed by atoms with Crippen molar-refractivity contribution in [2.45, 2.75) is 37.8 Å². The zero-order chi connectivity index (χ0) is 28.6. The topological polar surface area (TPSA) is 120 Å². The van der Waals surface area contributed by atoms with Crippen LogP contribution in [0.1, 0.15) is 47.5 Å². The van der Waals surface area contributed by atoms with Crippen molar-refractivity contribution in [1.82, 2.24) is 14.5 Å². The van der Waals surface area contributed by atoms with Crippen LogP contribution < -0.4 is 9.74 Å². The fourth-order valence-corrected chi connectivity index (χ4v) is 6.93. The van der Waals surface area contributed by atoms with Gasteiger partial charge in [0, 0.05) is 37.0 Å². The van der Waals surface area contributed by atoms with Crippen LogP contribution in [0.2, 0.25) is 15.1 Å². The molecule has 15 heteroatoms. The SMILES string of the molecule is CS(=O)(=O)Oc1cccc(Cl)c1C1CC(c2csc(C3CCN(C(=O)Cn4cc(Cl)cc(Cl)c4=O)CC3)n2)=NO1. The Morgan fingerprint density at radius 3 is 2.67 bits per heavy atom. The van der Waals surface area contributed by atoms with Crippen molar-refractivity contribution in [3.05, 3.63) is 77.5 Å². The molecule has 0 radical (unpaired) electrons. The second kappa shape index (κ2) is 11.7. The average Bonchev–Trinajstić information content (AvgIpc) is 3.56. The van der Waals surface area contributed by atoms with Gasteiger partial charge in [-0.1, -0.05) is 46.0 Å². The molecule has 1 atom stereocenters. The molecule has 0 bridgehead atoms. The summed E-state index contributed by atoms with van der Waals surface area (Å²) in [5, 5.41) is 7.60. The summed E-state index contributed by atoms with van der Waals surface area (Å²) in [5.41, 5.74) is 1.24. The van der Waals surface area contributed by atoms with E-state index in [4.69, 9.17) is 48.8 Å². The summed E-state index contributed by atoms with van der Waals surface area (Å²) in [5.74, 6) is 0.0873. The standard InChI is InChI=1S/C25H23Cl3N4O6S2/c1-40(35,36)38-20-4-2-3-16(27)23(20)21-10-18(30-37-21)19-13-39-24(29-19)14-5-7-31(8-6-14)22(33)12-32-11-15(26)9-17(28)25(32)34/h2-4,9,11,13-14,21H,5-8,10,12H2,1H3. The zero-order valence-corrected chi connectivity index (χ0v) is 25.0. The highest BCUT2D eigenvalue weighted by Gasteiger charge is 2.32. The third-order valence-corrected chi connectivity index (χ3v) is 8.87. The molecule has 3 aromatic rings. The molecule has 2 aliphatic rings. The van der Waals surface area contributed by atoms with E-state index < -0.39 is 21.8 Å². The Balaban J connectivity index is 1.20. The maximum atomic E-state index is 12.8. The monoisotopic (exact) mass is 644 g/mol. The fourth-order valence-electron chi connectivity index (χ4n) is 4.66. The molecule has 5 rings (SSSR count). The van der Waals surface area contributed by atoms with Crippen LogP contribution in [0.4, 0.5) is 0 Å².